The number of carbonyl (C=O) groups is 4. The fourth-order valence-corrected chi connectivity index (χ4v) is 3.95. The summed E-state index contributed by atoms with van der Waals surface area (Å²) in [5.41, 5.74) is 1.55. The highest BCUT2D eigenvalue weighted by Crippen LogP contribution is 2.28. The Morgan fingerprint density at radius 2 is 1.89 bits per heavy atom. The van der Waals surface area contributed by atoms with Crippen LogP contribution in [0.3, 0.4) is 0 Å². The van der Waals surface area contributed by atoms with E-state index in [1.54, 1.807) is 12.1 Å². The number of fused-ring (bicyclic) bond motifs is 1. The van der Waals surface area contributed by atoms with Gasteiger partial charge >= 0.3 is 0 Å². The topological polar surface area (TPSA) is 108 Å². The lowest BCUT2D eigenvalue weighted by atomic mass is 10.0. The minimum Gasteiger partial charge on any atom is -0.313 e. The Balaban J connectivity index is 1.46. The van der Waals surface area contributed by atoms with Crippen LogP contribution in [0.4, 0.5) is 0 Å². The van der Waals surface area contributed by atoms with E-state index in [1.807, 2.05) is 6.07 Å². The van der Waals surface area contributed by atoms with E-state index >= 15 is 0 Å². The summed E-state index contributed by atoms with van der Waals surface area (Å²) in [6.45, 7) is 2.51. The van der Waals surface area contributed by atoms with Crippen molar-refractivity contribution in [3.63, 3.8) is 0 Å². The van der Waals surface area contributed by atoms with Crippen LogP contribution >= 0.6 is 0 Å². The lowest BCUT2D eigenvalue weighted by Gasteiger charge is -2.27. The van der Waals surface area contributed by atoms with Crippen LogP contribution in [0.2, 0.25) is 0 Å². The van der Waals surface area contributed by atoms with Crippen LogP contribution in [-0.2, 0) is 16.1 Å². The molecule has 3 aliphatic heterocycles. The largest absolute Gasteiger partial charge is 0.313 e. The van der Waals surface area contributed by atoms with Gasteiger partial charge in [-0.25, -0.2) is 0 Å². The molecule has 8 nitrogen and oxygen atoms in total. The molecule has 1 aromatic carbocycles. The normalized spacial score (nSPS) is 25.1. The van der Waals surface area contributed by atoms with Gasteiger partial charge in [-0.1, -0.05) is 6.07 Å². The SMILES string of the molecule is O=C1CCC(N2C(=O)c3ccc(CNC[C@@H]4CCCN4)cc3C2=O)C(=O)N1. The molecule has 1 aromatic rings. The zero-order valence-electron chi connectivity index (χ0n) is 14.9. The molecule has 3 N–H and O–H groups in total. The molecular weight excluding hydrogens is 348 g/mol. The van der Waals surface area contributed by atoms with Gasteiger partial charge < -0.3 is 10.6 Å². The highest BCUT2D eigenvalue weighted by atomic mass is 16.2. The van der Waals surface area contributed by atoms with Crippen molar-refractivity contribution in [1.82, 2.24) is 20.9 Å². The van der Waals surface area contributed by atoms with E-state index < -0.39 is 23.8 Å². The highest BCUT2D eigenvalue weighted by Gasteiger charge is 2.44. The van der Waals surface area contributed by atoms with Crippen LogP contribution in [0.15, 0.2) is 18.2 Å². The van der Waals surface area contributed by atoms with Crippen molar-refractivity contribution < 1.29 is 19.2 Å². The molecule has 0 aliphatic carbocycles. The first kappa shape index (κ1) is 17.8. The molecular formula is C19H22N4O4. The van der Waals surface area contributed by atoms with Gasteiger partial charge in [0.15, 0.2) is 0 Å². The molecule has 4 rings (SSSR count). The molecule has 3 aliphatic rings. The van der Waals surface area contributed by atoms with Gasteiger partial charge in [0.1, 0.15) is 6.04 Å². The first-order chi connectivity index (χ1) is 13.0. The average molecular weight is 370 g/mol. The number of amides is 4. The number of piperidine rings is 1. The van der Waals surface area contributed by atoms with E-state index in [4.69, 9.17) is 0 Å². The molecule has 8 heteroatoms. The maximum atomic E-state index is 12.8. The number of carbonyl (C=O) groups excluding carboxylic acids is 4. The molecule has 2 atom stereocenters. The number of hydrogen-bond donors (Lipinski definition) is 3. The molecule has 27 heavy (non-hydrogen) atoms. The minimum atomic E-state index is -0.926. The molecule has 0 aromatic heterocycles. The third kappa shape index (κ3) is 3.38. The van der Waals surface area contributed by atoms with Gasteiger partial charge in [0.2, 0.25) is 11.8 Å². The molecule has 0 saturated carbocycles. The van der Waals surface area contributed by atoms with Gasteiger partial charge in [0, 0.05) is 25.6 Å². The number of nitrogens with one attached hydrogen (secondary N) is 3. The number of imide groups is 2. The third-order valence-corrected chi connectivity index (χ3v) is 5.39. The molecule has 0 bridgehead atoms. The molecule has 0 spiro atoms. The number of benzene rings is 1. The molecule has 0 radical (unpaired) electrons. The summed E-state index contributed by atoms with van der Waals surface area (Å²) >= 11 is 0. The Bertz CT molecular complexity index is 816. The monoisotopic (exact) mass is 370 g/mol. The predicted octanol–water partition coefficient (Wildman–Crippen LogP) is -0.0706. The maximum Gasteiger partial charge on any atom is 0.262 e. The van der Waals surface area contributed by atoms with E-state index in [0.717, 1.165) is 30.0 Å². The van der Waals surface area contributed by atoms with Crippen LogP contribution < -0.4 is 16.0 Å². The summed E-state index contributed by atoms with van der Waals surface area (Å²) in [6.07, 6.45) is 2.64. The van der Waals surface area contributed by atoms with Crippen LogP contribution in [0, 0.1) is 0 Å². The fraction of sp³-hybridized carbons (Fsp3) is 0.474. The van der Waals surface area contributed by atoms with Crippen LogP contribution in [0.5, 0.6) is 0 Å². The van der Waals surface area contributed by atoms with E-state index in [-0.39, 0.29) is 18.7 Å². The number of nitrogens with zero attached hydrogens (tertiary/aromatic N) is 1. The number of hydrogen-bond acceptors (Lipinski definition) is 6. The van der Waals surface area contributed by atoms with Crippen molar-refractivity contribution in [3.8, 4) is 0 Å². The van der Waals surface area contributed by atoms with Crippen molar-refractivity contribution in [2.75, 3.05) is 13.1 Å². The Labute approximate surface area is 156 Å². The van der Waals surface area contributed by atoms with Crippen molar-refractivity contribution in [2.24, 2.45) is 0 Å². The quantitative estimate of drug-likeness (QED) is 0.627. The summed E-state index contributed by atoms with van der Waals surface area (Å²) < 4.78 is 0. The van der Waals surface area contributed by atoms with Gasteiger partial charge in [-0.05, 0) is 43.5 Å². The standard InChI is InChI=1S/C19H22N4O4/c24-16-6-5-15(17(25)22-16)23-18(26)13-4-3-11(8-14(13)19(23)27)9-20-10-12-2-1-7-21-12/h3-4,8,12,15,20-21H,1-2,5-7,9-10H2,(H,22,24,25)/t12-,15?/m0/s1. The van der Waals surface area contributed by atoms with Crippen molar-refractivity contribution >= 4 is 23.6 Å². The second-order valence-electron chi connectivity index (χ2n) is 7.25. The Kier molecular flexibility index (Phi) is 4.75. The lowest BCUT2D eigenvalue weighted by Crippen LogP contribution is -2.54. The minimum absolute atomic E-state index is 0.119. The van der Waals surface area contributed by atoms with E-state index in [0.29, 0.717) is 23.7 Å². The molecule has 2 saturated heterocycles. The first-order valence-electron chi connectivity index (χ1n) is 9.33. The summed E-state index contributed by atoms with van der Waals surface area (Å²) in [5.74, 6) is -1.91. The molecule has 4 amide bonds. The Hall–Kier alpha value is -2.58. The third-order valence-electron chi connectivity index (χ3n) is 5.39. The molecule has 2 fully saturated rings. The van der Waals surface area contributed by atoms with Crippen molar-refractivity contribution in [2.45, 2.75) is 44.3 Å². The zero-order chi connectivity index (χ0) is 19.0. The first-order valence-corrected chi connectivity index (χ1v) is 9.33. The number of rotatable bonds is 5. The predicted molar refractivity (Wildman–Crippen MR) is 95.8 cm³/mol. The second kappa shape index (κ2) is 7.21. The zero-order valence-corrected chi connectivity index (χ0v) is 14.9. The summed E-state index contributed by atoms with van der Waals surface area (Å²) in [4.78, 5) is 49.8. The second-order valence-corrected chi connectivity index (χ2v) is 7.25. The molecule has 1 unspecified atom stereocenters. The Morgan fingerprint density at radius 1 is 1.07 bits per heavy atom. The van der Waals surface area contributed by atoms with Gasteiger partial charge in [0.25, 0.3) is 11.8 Å². The average Bonchev–Trinajstić information content (AvgIpc) is 3.24. The molecule has 3 heterocycles. The van der Waals surface area contributed by atoms with E-state index in [2.05, 4.69) is 16.0 Å². The summed E-state index contributed by atoms with van der Waals surface area (Å²) in [7, 11) is 0. The van der Waals surface area contributed by atoms with Crippen LogP contribution in [0.1, 0.15) is 52.0 Å². The molecule has 142 valence electrons. The fourth-order valence-electron chi connectivity index (χ4n) is 3.95. The Morgan fingerprint density at radius 3 is 2.63 bits per heavy atom. The van der Waals surface area contributed by atoms with E-state index in [9.17, 15) is 19.2 Å². The van der Waals surface area contributed by atoms with Gasteiger partial charge in [0.05, 0.1) is 11.1 Å². The van der Waals surface area contributed by atoms with Crippen LogP contribution in [0.25, 0.3) is 0 Å². The lowest BCUT2D eigenvalue weighted by molar-refractivity contribution is -0.136. The van der Waals surface area contributed by atoms with Crippen molar-refractivity contribution in [3.05, 3.63) is 34.9 Å². The van der Waals surface area contributed by atoms with Gasteiger partial charge in [-0.3, -0.25) is 29.4 Å². The van der Waals surface area contributed by atoms with Gasteiger partial charge in [-0.15, -0.1) is 0 Å². The highest BCUT2D eigenvalue weighted by molar-refractivity contribution is 6.23. The van der Waals surface area contributed by atoms with E-state index in [1.165, 1.54) is 6.42 Å². The van der Waals surface area contributed by atoms with Crippen LogP contribution in [-0.4, -0.2) is 53.7 Å². The van der Waals surface area contributed by atoms with Gasteiger partial charge in [-0.2, -0.15) is 0 Å². The van der Waals surface area contributed by atoms with Crippen molar-refractivity contribution in [1.29, 1.82) is 0 Å². The summed E-state index contributed by atoms with van der Waals surface area (Å²) in [5, 5.41) is 8.99. The maximum absolute atomic E-state index is 12.8. The summed E-state index contributed by atoms with van der Waals surface area (Å²) in [6, 6.07) is 4.74. The smallest absolute Gasteiger partial charge is 0.262 e.